The minimum absolute atomic E-state index is 0.0791. The number of carbonyl (C=O) groups excluding carboxylic acids is 1. The number of amides is 2. The van der Waals surface area contributed by atoms with Gasteiger partial charge in [-0.15, -0.1) is 0 Å². The summed E-state index contributed by atoms with van der Waals surface area (Å²) in [4.78, 5) is 36.4. The number of rotatable bonds is 5. The lowest BCUT2D eigenvalue weighted by Gasteiger charge is -2.34. The molecule has 1 aromatic carbocycles. The third kappa shape index (κ3) is 5.34. The van der Waals surface area contributed by atoms with E-state index in [4.69, 9.17) is 34.8 Å². The van der Waals surface area contributed by atoms with Crippen molar-refractivity contribution in [3.8, 4) is 0 Å². The number of halogens is 3. The van der Waals surface area contributed by atoms with Crippen LogP contribution in [-0.2, 0) is 4.79 Å². The molecular weight excluding hydrogens is 501 g/mol. The smallest absolute Gasteiger partial charge is 0.407 e. The molecule has 2 aliphatic rings. The van der Waals surface area contributed by atoms with Crippen LogP contribution in [0, 0.1) is 0 Å². The maximum Gasteiger partial charge on any atom is 0.407 e. The molecule has 2 amide bonds. The highest BCUT2D eigenvalue weighted by Crippen LogP contribution is 2.33. The van der Waals surface area contributed by atoms with Crippen molar-refractivity contribution in [1.82, 2.24) is 19.8 Å². The second-order valence-corrected chi connectivity index (χ2v) is 9.94. The molecule has 2 atom stereocenters. The summed E-state index contributed by atoms with van der Waals surface area (Å²) in [7, 11) is 0. The molecule has 1 aromatic heterocycles. The van der Waals surface area contributed by atoms with Gasteiger partial charge in [-0.1, -0.05) is 40.9 Å². The molecule has 0 saturated carbocycles. The molecule has 2 N–H and O–H groups in total. The second kappa shape index (κ2) is 10.5. The molecule has 11 heteroatoms. The fraction of sp³-hybridized carbons (Fsp3) is 0.478. The van der Waals surface area contributed by atoms with Crippen molar-refractivity contribution in [3.05, 3.63) is 50.9 Å². The van der Waals surface area contributed by atoms with E-state index in [0.717, 1.165) is 5.56 Å². The van der Waals surface area contributed by atoms with Crippen LogP contribution in [-0.4, -0.2) is 62.6 Å². The van der Waals surface area contributed by atoms with E-state index in [2.05, 4.69) is 15.3 Å². The summed E-state index contributed by atoms with van der Waals surface area (Å²) >= 11 is 18.7. The van der Waals surface area contributed by atoms with Gasteiger partial charge < -0.3 is 15.3 Å². The van der Waals surface area contributed by atoms with Crippen molar-refractivity contribution in [3.63, 3.8) is 0 Å². The number of likely N-dealkylation sites (tertiary alicyclic amines) is 2. The summed E-state index contributed by atoms with van der Waals surface area (Å²) in [6, 6.07) is 4.61. The van der Waals surface area contributed by atoms with Crippen LogP contribution in [0.25, 0.3) is 0 Å². The summed E-state index contributed by atoms with van der Waals surface area (Å²) in [6.07, 6.45) is 3.25. The van der Waals surface area contributed by atoms with Crippen molar-refractivity contribution >= 4 is 52.6 Å². The molecule has 8 nitrogen and oxygen atoms in total. The summed E-state index contributed by atoms with van der Waals surface area (Å²) < 4.78 is 0. The third-order valence-electron chi connectivity index (χ3n) is 6.50. The quantitative estimate of drug-likeness (QED) is 0.537. The predicted octanol–water partition coefficient (Wildman–Crippen LogP) is 5.46. The van der Waals surface area contributed by atoms with Crippen molar-refractivity contribution in [2.45, 2.75) is 50.6 Å². The molecule has 3 heterocycles. The van der Waals surface area contributed by atoms with Crippen molar-refractivity contribution in [1.29, 1.82) is 0 Å². The molecule has 0 aliphatic carbocycles. The van der Waals surface area contributed by atoms with Gasteiger partial charge in [-0.05, 0) is 50.3 Å². The molecule has 2 aromatic rings. The molecule has 1 unspecified atom stereocenters. The van der Waals surface area contributed by atoms with Crippen LogP contribution in [0.15, 0.2) is 24.4 Å². The summed E-state index contributed by atoms with van der Waals surface area (Å²) in [6.45, 7) is 3.45. The minimum atomic E-state index is -1.03. The SMILES string of the molecule is CC(Nc1nc(C2CCN(C(=O)[C@H]3CCCN3C(=O)O)CC2)ncc1Cl)c1ccc(Cl)cc1Cl. The molecule has 4 rings (SSSR count). The van der Waals surface area contributed by atoms with Crippen LogP contribution in [0.2, 0.25) is 15.1 Å². The Morgan fingerprint density at radius 3 is 2.53 bits per heavy atom. The van der Waals surface area contributed by atoms with Gasteiger partial charge in [-0.25, -0.2) is 14.8 Å². The average Bonchev–Trinajstić information content (AvgIpc) is 3.30. The number of carbonyl (C=O) groups is 2. The Kier molecular flexibility index (Phi) is 7.70. The lowest BCUT2D eigenvalue weighted by atomic mass is 9.95. The summed E-state index contributed by atoms with van der Waals surface area (Å²) in [5.74, 6) is 1.16. The summed E-state index contributed by atoms with van der Waals surface area (Å²) in [5, 5.41) is 14.2. The van der Waals surface area contributed by atoms with Crippen LogP contribution in [0.5, 0.6) is 0 Å². The first kappa shape index (κ1) is 24.8. The van der Waals surface area contributed by atoms with E-state index < -0.39 is 12.1 Å². The molecule has 2 fully saturated rings. The fourth-order valence-corrected chi connectivity index (χ4v) is 5.35. The zero-order valence-corrected chi connectivity index (χ0v) is 20.9. The standard InChI is InChI=1S/C23H26Cl3N5O3/c1-13(16-5-4-15(24)11-17(16)25)28-21-18(26)12-27-20(29-21)14-6-9-30(10-7-14)22(32)19-3-2-8-31(19)23(33)34/h4-5,11-14,19H,2-3,6-10H2,1H3,(H,33,34)(H,27,28,29)/t13?,19-/m1/s1. The number of anilines is 1. The highest BCUT2D eigenvalue weighted by Gasteiger charge is 2.38. The number of benzene rings is 1. The maximum atomic E-state index is 12.9. The first-order valence-corrected chi connectivity index (χ1v) is 12.4. The lowest BCUT2D eigenvalue weighted by molar-refractivity contribution is -0.136. The Hall–Kier alpha value is -2.29. The number of nitrogens with zero attached hydrogens (tertiary/aromatic N) is 4. The van der Waals surface area contributed by atoms with Crippen LogP contribution < -0.4 is 5.32 Å². The predicted molar refractivity (Wildman–Crippen MR) is 132 cm³/mol. The van der Waals surface area contributed by atoms with Gasteiger partial charge in [0.1, 0.15) is 22.7 Å². The van der Waals surface area contributed by atoms with Crippen LogP contribution >= 0.6 is 34.8 Å². The van der Waals surface area contributed by atoms with E-state index in [1.54, 1.807) is 23.2 Å². The Morgan fingerprint density at radius 2 is 1.85 bits per heavy atom. The first-order chi connectivity index (χ1) is 16.2. The van der Waals surface area contributed by atoms with Crippen molar-refractivity contribution in [2.24, 2.45) is 0 Å². The number of carboxylic acid groups (broad SMARTS) is 1. The number of nitrogens with one attached hydrogen (secondary N) is 1. The molecule has 0 radical (unpaired) electrons. The van der Waals surface area contributed by atoms with E-state index in [1.165, 1.54) is 4.90 Å². The molecule has 0 spiro atoms. The largest absolute Gasteiger partial charge is 0.465 e. The Labute approximate surface area is 213 Å². The van der Waals surface area contributed by atoms with Gasteiger partial charge in [0.15, 0.2) is 0 Å². The third-order valence-corrected chi connectivity index (χ3v) is 7.34. The van der Waals surface area contributed by atoms with E-state index in [-0.39, 0.29) is 17.9 Å². The molecule has 0 bridgehead atoms. The zero-order chi connectivity index (χ0) is 24.4. The van der Waals surface area contributed by atoms with Gasteiger partial charge in [0.05, 0.1) is 12.2 Å². The van der Waals surface area contributed by atoms with Crippen molar-refractivity contribution in [2.75, 3.05) is 25.0 Å². The van der Waals surface area contributed by atoms with Gasteiger partial charge in [0.2, 0.25) is 5.91 Å². The van der Waals surface area contributed by atoms with E-state index in [1.807, 2.05) is 13.0 Å². The second-order valence-electron chi connectivity index (χ2n) is 8.69. The van der Waals surface area contributed by atoms with Gasteiger partial charge >= 0.3 is 6.09 Å². The number of aromatic nitrogens is 2. The average molecular weight is 527 g/mol. The highest BCUT2D eigenvalue weighted by atomic mass is 35.5. The van der Waals surface area contributed by atoms with Crippen LogP contribution in [0.3, 0.4) is 0 Å². The molecule has 2 saturated heterocycles. The molecule has 182 valence electrons. The molecule has 2 aliphatic heterocycles. The van der Waals surface area contributed by atoms with Gasteiger partial charge in [-0.3, -0.25) is 9.69 Å². The van der Waals surface area contributed by atoms with E-state index in [0.29, 0.717) is 72.0 Å². The number of piperidine rings is 1. The fourth-order valence-electron chi connectivity index (χ4n) is 4.64. The number of hydrogen-bond donors (Lipinski definition) is 2. The lowest BCUT2D eigenvalue weighted by Crippen LogP contribution is -2.49. The van der Waals surface area contributed by atoms with E-state index in [9.17, 15) is 14.7 Å². The van der Waals surface area contributed by atoms with Crippen LogP contribution in [0.1, 0.15) is 56.0 Å². The maximum absolute atomic E-state index is 12.9. The highest BCUT2D eigenvalue weighted by molar-refractivity contribution is 6.35. The summed E-state index contributed by atoms with van der Waals surface area (Å²) in [5.41, 5.74) is 0.872. The molecular formula is C23H26Cl3N5O3. The van der Waals surface area contributed by atoms with E-state index >= 15 is 0 Å². The first-order valence-electron chi connectivity index (χ1n) is 11.3. The Bertz CT molecular complexity index is 1080. The van der Waals surface area contributed by atoms with Gasteiger partial charge in [0.25, 0.3) is 0 Å². The number of hydrogen-bond acceptors (Lipinski definition) is 5. The molecule has 34 heavy (non-hydrogen) atoms. The van der Waals surface area contributed by atoms with Crippen molar-refractivity contribution < 1.29 is 14.7 Å². The monoisotopic (exact) mass is 525 g/mol. The zero-order valence-electron chi connectivity index (χ0n) is 18.7. The Balaban J connectivity index is 1.40. The van der Waals surface area contributed by atoms with Gasteiger partial charge in [0, 0.05) is 35.6 Å². The normalized spacial score (nSPS) is 19.8. The Morgan fingerprint density at radius 1 is 1.12 bits per heavy atom. The van der Waals surface area contributed by atoms with Crippen LogP contribution in [0.4, 0.5) is 10.6 Å². The topological polar surface area (TPSA) is 98.7 Å². The minimum Gasteiger partial charge on any atom is -0.465 e. The van der Waals surface area contributed by atoms with Gasteiger partial charge in [-0.2, -0.15) is 0 Å².